The van der Waals surface area contributed by atoms with Crippen molar-refractivity contribution in [1.82, 2.24) is 14.8 Å². The second-order valence-corrected chi connectivity index (χ2v) is 4.73. The van der Waals surface area contributed by atoms with Crippen molar-refractivity contribution in [3.05, 3.63) is 29.0 Å². The number of carbonyl (C=O) groups excluding carboxylic acids is 2. The number of ether oxygens (including phenoxy) is 1. The van der Waals surface area contributed by atoms with Crippen molar-refractivity contribution in [2.24, 2.45) is 0 Å². The van der Waals surface area contributed by atoms with Gasteiger partial charge >= 0.3 is 6.09 Å². The smallest absolute Gasteiger partial charge is 0.409 e. The molecule has 1 aliphatic rings. The normalized spacial score (nSPS) is 15.1. The summed E-state index contributed by atoms with van der Waals surface area (Å²) in [6, 6.07) is 3.17. The van der Waals surface area contributed by atoms with E-state index in [1.54, 1.807) is 28.9 Å². The molecule has 1 aliphatic heterocycles. The number of hydrogen-bond acceptors (Lipinski definition) is 4. The fourth-order valence-corrected chi connectivity index (χ4v) is 2.20. The van der Waals surface area contributed by atoms with Crippen LogP contribution in [0, 0.1) is 0 Å². The Morgan fingerprint density at radius 3 is 2.55 bits per heavy atom. The summed E-state index contributed by atoms with van der Waals surface area (Å²) in [5, 5.41) is 0.293. The molecule has 1 aromatic rings. The topological polar surface area (TPSA) is 62.7 Å². The standard InChI is InChI=1S/C13H16ClN3O3/c1-2-20-13(19)17-7-5-16(6-8-17)12(18)10-3-4-15-11(14)9-10/h3-4,9H,2,5-8H2,1H3. The zero-order valence-electron chi connectivity index (χ0n) is 11.2. The van der Waals surface area contributed by atoms with Crippen molar-refractivity contribution >= 4 is 23.6 Å². The SMILES string of the molecule is CCOC(=O)N1CCN(C(=O)c2ccnc(Cl)c2)CC1. The summed E-state index contributed by atoms with van der Waals surface area (Å²) in [7, 11) is 0. The third-order valence-corrected chi connectivity index (χ3v) is 3.27. The molecule has 6 nitrogen and oxygen atoms in total. The van der Waals surface area contributed by atoms with Gasteiger partial charge in [-0.1, -0.05) is 11.6 Å². The molecular formula is C13H16ClN3O3. The lowest BCUT2D eigenvalue weighted by Gasteiger charge is -2.34. The lowest BCUT2D eigenvalue weighted by atomic mass is 10.2. The summed E-state index contributed by atoms with van der Waals surface area (Å²) in [6.45, 7) is 4.04. The summed E-state index contributed by atoms with van der Waals surface area (Å²) in [4.78, 5) is 31.0. The molecule has 0 atom stereocenters. The van der Waals surface area contributed by atoms with Gasteiger partial charge in [0.25, 0.3) is 5.91 Å². The molecule has 0 aromatic carbocycles. The van der Waals surface area contributed by atoms with E-state index in [0.29, 0.717) is 43.5 Å². The average Bonchev–Trinajstić information content (AvgIpc) is 2.47. The van der Waals surface area contributed by atoms with Crippen molar-refractivity contribution in [1.29, 1.82) is 0 Å². The molecule has 0 N–H and O–H groups in total. The Balaban J connectivity index is 1.93. The number of aromatic nitrogens is 1. The van der Waals surface area contributed by atoms with Gasteiger partial charge in [-0.05, 0) is 19.1 Å². The fourth-order valence-electron chi connectivity index (χ4n) is 2.02. The first-order valence-corrected chi connectivity index (χ1v) is 6.82. The van der Waals surface area contributed by atoms with Crippen LogP contribution >= 0.6 is 11.6 Å². The first-order valence-electron chi connectivity index (χ1n) is 6.44. The van der Waals surface area contributed by atoms with Crippen LogP contribution in [0.5, 0.6) is 0 Å². The van der Waals surface area contributed by atoms with Gasteiger partial charge in [0.05, 0.1) is 6.61 Å². The van der Waals surface area contributed by atoms with E-state index in [1.165, 1.54) is 6.20 Å². The molecule has 0 spiro atoms. The summed E-state index contributed by atoms with van der Waals surface area (Å²) < 4.78 is 4.94. The van der Waals surface area contributed by atoms with Crippen LogP contribution in [0.25, 0.3) is 0 Å². The van der Waals surface area contributed by atoms with Gasteiger partial charge in [-0.3, -0.25) is 4.79 Å². The highest BCUT2D eigenvalue weighted by atomic mass is 35.5. The van der Waals surface area contributed by atoms with E-state index in [4.69, 9.17) is 16.3 Å². The van der Waals surface area contributed by atoms with Gasteiger partial charge in [-0.2, -0.15) is 0 Å². The molecule has 1 fully saturated rings. The Morgan fingerprint density at radius 2 is 1.95 bits per heavy atom. The Bertz CT molecular complexity index is 501. The summed E-state index contributed by atoms with van der Waals surface area (Å²) in [6.07, 6.45) is 1.18. The molecular weight excluding hydrogens is 282 g/mol. The minimum atomic E-state index is -0.327. The van der Waals surface area contributed by atoms with E-state index in [9.17, 15) is 9.59 Å². The van der Waals surface area contributed by atoms with Crippen LogP contribution in [0.2, 0.25) is 5.15 Å². The van der Waals surface area contributed by atoms with E-state index in [2.05, 4.69) is 4.98 Å². The molecule has 2 rings (SSSR count). The monoisotopic (exact) mass is 297 g/mol. The van der Waals surface area contributed by atoms with Crippen LogP contribution in [-0.4, -0.2) is 59.6 Å². The van der Waals surface area contributed by atoms with E-state index >= 15 is 0 Å². The minimum absolute atomic E-state index is 0.0993. The van der Waals surface area contributed by atoms with Gasteiger partial charge in [0.15, 0.2) is 0 Å². The van der Waals surface area contributed by atoms with Crippen molar-refractivity contribution in [2.75, 3.05) is 32.8 Å². The largest absolute Gasteiger partial charge is 0.450 e. The number of rotatable bonds is 2. The van der Waals surface area contributed by atoms with Gasteiger partial charge in [0, 0.05) is 37.9 Å². The molecule has 0 saturated carbocycles. The third kappa shape index (κ3) is 3.39. The zero-order chi connectivity index (χ0) is 14.5. The van der Waals surface area contributed by atoms with Crippen LogP contribution < -0.4 is 0 Å². The first kappa shape index (κ1) is 14.6. The molecule has 0 aliphatic carbocycles. The lowest BCUT2D eigenvalue weighted by Crippen LogP contribution is -2.50. The fraction of sp³-hybridized carbons (Fsp3) is 0.462. The molecule has 0 bridgehead atoms. The van der Waals surface area contributed by atoms with E-state index in [1.807, 2.05) is 0 Å². The molecule has 20 heavy (non-hydrogen) atoms. The summed E-state index contributed by atoms with van der Waals surface area (Å²) in [5.41, 5.74) is 0.509. The van der Waals surface area contributed by atoms with Crippen molar-refractivity contribution in [3.8, 4) is 0 Å². The van der Waals surface area contributed by atoms with Gasteiger partial charge in [0.1, 0.15) is 5.15 Å². The number of amides is 2. The van der Waals surface area contributed by atoms with Crippen molar-refractivity contribution < 1.29 is 14.3 Å². The Hall–Kier alpha value is -1.82. The zero-order valence-corrected chi connectivity index (χ0v) is 12.0. The van der Waals surface area contributed by atoms with Crippen molar-refractivity contribution in [3.63, 3.8) is 0 Å². The highest BCUT2D eigenvalue weighted by Crippen LogP contribution is 2.12. The van der Waals surface area contributed by atoms with Crippen LogP contribution in [0.4, 0.5) is 4.79 Å². The molecule has 7 heteroatoms. The summed E-state index contributed by atoms with van der Waals surface area (Å²) >= 11 is 5.78. The number of carbonyl (C=O) groups is 2. The van der Waals surface area contributed by atoms with Gasteiger partial charge < -0.3 is 14.5 Å². The highest BCUT2D eigenvalue weighted by Gasteiger charge is 2.25. The molecule has 2 heterocycles. The molecule has 0 radical (unpaired) electrons. The second-order valence-electron chi connectivity index (χ2n) is 4.35. The Morgan fingerprint density at radius 1 is 1.30 bits per heavy atom. The molecule has 1 saturated heterocycles. The minimum Gasteiger partial charge on any atom is -0.450 e. The maximum Gasteiger partial charge on any atom is 0.409 e. The number of piperazine rings is 1. The van der Waals surface area contributed by atoms with E-state index in [0.717, 1.165) is 0 Å². The van der Waals surface area contributed by atoms with Gasteiger partial charge in [-0.25, -0.2) is 9.78 Å². The average molecular weight is 298 g/mol. The first-order chi connectivity index (χ1) is 9.61. The molecule has 0 unspecified atom stereocenters. The third-order valence-electron chi connectivity index (χ3n) is 3.07. The quantitative estimate of drug-likeness (QED) is 0.779. The van der Waals surface area contributed by atoms with Crippen LogP contribution in [-0.2, 0) is 4.74 Å². The Labute approximate surface area is 122 Å². The number of hydrogen-bond donors (Lipinski definition) is 0. The summed E-state index contributed by atoms with van der Waals surface area (Å²) in [5.74, 6) is -0.0993. The van der Waals surface area contributed by atoms with E-state index < -0.39 is 0 Å². The second kappa shape index (κ2) is 6.56. The highest BCUT2D eigenvalue weighted by molar-refractivity contribution is 6.29. The number of pyridine rings is 1. The van der Waals surface area contributed by atoms with Crippen molar-refractivity contribution in [2.45, 2.75) is 6.92 Å². The predicted octanol–water partition coefficient (Wildman–Crippen LogP) is 1.65. The van der Waals surface area contributed by atoms with Gasteiger partial charge in [-0.15, -0.1) is 0 Å². The molecule has 108 valence electrons. The predicted molar refractivity (Wildman–Crippen MR) is 73.7 cm³/mol. The van der Waals surface area contributed by atoms with Crippen LogP contribution in [0.15, 0.2) is 18.3 Å². The maximum absolute atomic E-state index is 12.3. The number of nitrogens with zero attached hydrogens (tertiary/aromatic N) is 3. The molecule has 1 aromatic heterocycles. The van der Waals surface area contributed by atoms with Gasteiger partial charge in [0.2, 0.25) is 0 Å². The number of halogens is 1. The Kier molecular flexibility index (Phi) is 4.79. The maximum atomic E-state index is 12.3. The van der Waals surface area contributed by atoms with Crippen LogP contribution in [0.1, 0.15) is 17.3 Å². The molecule has 2 amide bonds. The van der Waals surface area contributed by atoms with Crippen LogP contribution in [0.3, 0.4) is 0 Å². The van der Waals surface area contributed by atoms with E-state index in [-0.39, 0.29) is 12.0 Å². The lowest BCUT2D eigenvalue weighted by molar-refractivity contribution is 0.0570.